The molecule has 0 heterocycles. The molecule has 0 fully saturated rings. The molecule has 0 bridgehead atoms. The number of likely N-dealkylation sites (N-methyl/N-ethyl adjacent to an activating group) is 1. The summed E-state index contributed by atoms with van der Waals surface area (Å²) >= 11 is 0. The lowest BCUT2D eigenvalue weighted by Crippen LogP contribution is -2.40. The van der Waals surface area contributed by atoms with Crippen molar-refractivity contribution in [1.82, 2.24) is 4.90 Å². The van der Waals surface area contributed by atoms with Crippen LogP contribution in [0.2, 0.25) is 0 Å². The van der Waals surface area contributed by atoms with E-state index in [1.54, 1.807) is 17.9 Å². The summed E-state index contributed by atoms with van der Waals surface area (Å²) in [5.41, 5.74) is 6.46. The lowest BCUT2D eigenvalue weighted by molar-refractivity contribution is -0.137. The Labute approximate surface area is 126 Å². The van der Waals surface area contributed by atoms with Crippen LogP contribution in [0.15, 0.2) is 18.2 Å². The minimum atomic E-state index is -0.609. The molecule has 4 nitrogen and oxygen atoms in total. The zero-order valence-corrected chi connectivity index (χ0v) is 13.2. The van der Waals surface area contributed by atoms with Crippen LogP contribution in [-0.4, -0.2) is 36.0 Å². The van der Waals surface area contributed by atoms with Gasteiger partial charge in [0.05, 0.1) is 0 Å². The Morgan fingerprint density at radius 1 is 1.33 bits per heavy atom. The highest BCUT2D eigenvalue weighted by Gasteiger charge is 2.21. The third-order valence-electron chi connectivity index (χ3n) is 3.29. The molecule has 0 aliphatic carbocycles. The van der Waals surface area contributed by atoms with Crippen molar-refractivity contribution in [2.45, 2.75) is 46.3 Å². The summed E-state index contributed by atoms with van der Waals surface area (Å²) in [6.45, 7) is 8.68. The number of hydrogen-bond acceptors (Lipinski definition) is 3. The van der Waals surface area contributed by atoms with Crippen LogP contribution >= 0.6 is 0 Å². The van der Waals surface area contributed by atoms with E-state index in [9.17, 15) is 9.18 Å². The van der Waals surface area contributed by atoms with Crippen molar-refractivity contribution in [1.29, 1.82) is 0 Å². The van der Waals surface area contributed by atoms with Crippen molar-refractivity contribution in [2.75, 3.05) is 13.1 Å². The molecule has 0 saturated heterocycles. The molecule has 0 radical (unpaired) electrons. The van der Waals surface area contributed by atoms with E-state index in [-0.39, 0.29) is 17.8 Å². The smallest absolute Gasteiger partial charge is 0.263 e. The molecule has 5 heteroatoms. The SMILES string of the molecule is CCN(CC)C(=O)C(C)Oc1ccc(F)cc1CC(C)N. The molecule has 2 unspecified atom stereocenters. The Hall–Kier alpha value is -1.62. The van der Waals surface area contributed by atoms with Crippen LogP contribution in [0, 0.1) is 5.82 Å². The maximum Gasteiger partial charge on any atom is 0.263 e. The van der Waals surface area contributed by atoms with Crippen molar-refractivity contribution >= 4 is 5.91 Å². The number of halogens is 1. The van der Waals surface area contributed by atoms with Gasteiger partial charge in [-0.3, -0.25) is 4.79 Å². The van der Waals surface area contributed by atoms with Crippen molar-refractivity contribution in [3.63, 3.8) is 0 Å². The number of benzene rings is 1. The predicted octanol–water partition coefficient (Wildman–Crippen LogP) is 2.35. The summed E-state index contributed by atoms with van der Waals surface area (Å²) in [6.07, 6.45) is -0.110. The Morgan fingerprint density at radius 2 is 1.95 bits per heavy atom. The molecule has 1 aromatic rings. The van der Waals surface area contributed by atoms with Crippen LogP contribution < -0.4 is 10.5 Å². The van der Waals surface area contributed by atoms with Crippen LogP contribution in [0.4, 0.5) is 4.39 Å². The number of nitrogens with two attached hydrogens (primary N) is 1. The minimum Gasteiger partial charge on any atom is -0.481 e. The largest absolute Gasteiger partial charge is 0.481 e. The monoisotopic (exact) mass is 296 g/mol. The number of hydrogen-bond donors (Lipinski definition) is 1. The van der Waals surface area contributed by atoms with E-state index in [1.165, 1.54) is 12.1 Å². The van der Waals surface area contributed by atoms with Crippen LogP contribution in [0.3, 0.4) is 0 Å². The fourth-order valence-corrected chi connectivity index (χ4v) is 2.20. The summed E-state index contributed by atoms with van der Waals surface area (Å²) in [5, 5.41) is 0. The van der Waals surface area contributed by atoms with Gasteiger partial charge in [0.2, 0.25) is 0 Å². The highest BCUT2D eigenvalue weighted by Crippen LogP contribution is 2.22. The Morgan fingerprint density at radius 3 is 2.48 bits per heavy atom. The number of carbonyl (C=O) groups is 1. The van der Waals surface area contributed by atoms with Gasteiger partial charge in [0.25, 0.3) is 5.91 Å². The highest BCUT2D eigenvalue weighted by molar-refractivity contribution is 5.80. The molecule has 118 valence electrons. The molecule has 0 spiro atoms. The molecule has 0 aromatic heterocycles. The van der Waals surface area contributed by atoms with E-state index in [0.717, 1.165) is 0 Å². The summed E-state index contributed by atoms with van der Waals surface area (Å²) in [4.78, 5) is 13.9. The van der Waals surface area contributed by atoms with Gasteiger partial charge in [-0.05, 0) is 57.9 Å². The summed E-state index contributed by atoms with van der Waals surface area (Å²) in [5.74, 6) is 0.110. The van der Waals surface area contributed by atoms with Crippen LogP contribution in [-0.2, 0) is 11.2 Å². The first-order chi connectivity index (χ1) is 9.88. The lowest BCUT2D eigenvalue weighted by atomic mass is 10.1. The second-order valence-electron chi connectivity index (χ2n) is 5.20. The van der Waals surface area contributed by atoms with E-state index in [0.29, 0.717) is 30.8 Å². The Balaban J connectivity index is 2.88. The highest BCUT2D eigenvalue weighted by atomic mass is 19.1. The van der Waals surface area contributed by atoms with Crippen molar-refractivity contribution in [3.05, 3.63) is 29.6 Å². The summed E-state index contributed by atoms with van der Waals surface area (Å²) < 4.78 is 19.1. The van der Waals surface area contributed by atoms with Crippen molar-refractivity contribution in [3.8, 4) is 5.75 Å². The lowest BCUT2D eigenvalue weighted by Gasteiger charge is -2.24. The minimum absolute atomic E-state index is 0.0731. The van der Waals surface area contributed by atoms with Crippen LogP contribution in [0.5, 0.6) is 5.75 Å². The molecule has 1 aromatic carbocycles. The van der Waals surface area contributed by atoms with Crippen LogP contribution in [0.25, 0.3) is 0 Å². The molecule has 1 rings (SSSR count). The second-order valence-corrected chi connectivity index (χ2v) is 5.20. The molecule has 0 aliphatic heterocycles. The topological polar surface area (TPSA) is 55.6 Å². The molecule has 21 heavy (non-hydrogen) atoms. The third-order valence-corrected chi connectivity index (χ3v) is 3.29. The third kappa shape index (κ3) is 5.01. The molecular weight excluding hydrogens is 271 g/mol. The van der Waals surface area contributed by atoms with Gasteiger partial charge in [-0.25, -0.2) is 4.39 Å². The van der Waals surface area contributed by atoms with Gasteiger partial charge in [-0.15, -0.1) is 0 Å². The first-order valence-corrected chi connectivity index (χ1v) is 7.38. The summed E-state index contributed by atoms with van der Waals surface area (Å²) in [6, 6.07) is 4.18. The average Bonchev–Trinajstić information content (AvgIpc) is 2.42. The van der Waals surface area contributed by atoms with Crippen molar-refractivity contribution in [2.24, 2.45) is 5.73 Å². The molecule has 1 amide bonds. The normalized spacial score (nSPS) is 13.6. The first kappa shape index (κ1) is 17.4. The number of ether oxygens (including phenoxy) is 1. The Bertz CT molecular complexity index is 473. The fourth-order valence-electron chi connectivity index (χ4n) is 2.20. The zero-order chi connectivity index (χ0) is 16.0. The standard InChI is InChI=1S/C16H25FN2O2/c1-5-19(6-2)16(20)12(4)21-15-8-7-14(17)10-13(15)9-11(3)18/h7-8,10-12H,5-6,9,18H2,1-4H3. The van der Waals surface area contributed by atoms with E-state index >= 15 is 0 Å². The maximum atomic E-state index is 13.4. The van der Waals surface area contributed by atoms with Gasteiger partial charge >= 0.3 is 0 Å². The number of carbonyl (C=O) groups excluding carboxylic acids is 1. The average molecular weight is 296 g/mol. The maximum absolute atomic E-state index is 13.4. The van der Waals surface area contributed by atoms with Gasteiger partial charge in [-0.2, -0.15) is 0 Å². The molecular formula is C16H25FN2O2. The van der Waals surface area contributed by atoms with Gasteiger partial charge in [-0.1, -0.05) is 0 Å². The van der Waals surface area contributed by atoms with E-state index < -0.39 is 6.10 Å². The molecule has 0 saturated carbocycles. The van der Waals surface area contributed by atoms with E-state index in [2.05, 4.69) is 0 Å². The molecule has 0 aliphatic rings. The van der Waals surface area contributed by atoms with Gasteiger partial charge in [0, 0.05) is 19.1 Å². The first-order valence-electron chi connectivity index (χ1n) is 7.38. The zero-order valence-electron chi connectivity index (χ0n) is 13.2. The quantitative estimate of drug-likeness (QED) is 0.840. The van der Waals surface area contributed by atoms with E-state index in [4.69, 9.17) is 10.5 Å². The number of amides is 1. The molecule has 2 atom stereocenters. The predicted molar refractivity (Wildman–Crippen MR) is 81.8 cm³/mol. The van der Waals surface area contributed by atoms with Gasteiger partial charge in [0.15, 0.2) is 6.10 Å². The van der Waals surface area contributed by atoms with Crippen LogP contribution in [0.1, 0.15) is 33.3 Å². The summed E-state index contributed by atoms with van der Waals surface area (Å²) in [7, 11) is 0. The van der Waals surface area contributed by atoms with Gasteiger partial charge in [0.1, 0.15) is 11.6 Å². The Kier molecular flexibility index (Phi) is 6.62. The number of nitrogens with zero attached hydrogens (tertiary/aromatic N) is 1. The molecule has 2 N–H and O–H groups in total. The van der Waals surface area contributed by atoms with E-state index in [1.807, 2.05) is 20.8 Å². The number of rotatable bonds is 7. The van der Waals surface area contributed by atoms with Crippen molar-refractivity contribution < 1.29 is 13.9 Å². The van der Waals surface area contributed by atoms with Gasteiger partial charge < -0.3 is 15.4 Å². The fraction of sp³-hybridized carbons (Fsp3) is 0.562. The second kappa shape index (κ2) is 7.98.